The molecule has 0 spiro atoms. The summed E-state index contributed by atoms with van der Waals surface area (Å²) in [5, 5.41) is 9.38. The van der Waals surface area contributed by atoms with E-state index >= 15 is 0 Å². The lowest BCUT2D eigenvalue weighted by atomic mass is 10.1. The summed E-state index contributed by atoms with van der Waals surface area (Å²) in [5.74, 6) is 1.88. The van der Waals surface area contributed by atoms with Crippen molar-refractivity contribution >= 4 is 11.5 Å². The van der Waals surface area contributed by atoms with Crippen molar-refractivity contribution in [2.24, 2.45) is 0 Å². The molecule has 0 atom stereocenters. The molecule has 136 valence electrons. The summed E-state index contributed by atoms with van der Waals surface area (Å²) in [7, 11) is 0. The van der Waals surface area contributed by atoms with Gasteiger partial charge in [-0.25, -0.2) is 9.67 Å². The minimum absolute atomic E-state index is 0.814. The van der Waals surface area contributed by atoms with Crippen LogP contribution in [0.5, 0.6) is 0 Å². The molecule has 0 radical (unpaired) electrons. The van der Waals surface area contributed by atoms with Crippen LogP contribution in [0.4, 0.5) is 5.82 Å². The SMILES string of the molecule is Cc1ccn(-c2cc(N3CCCCC3)n3nc(-c4cccnc4)cc3n2)n1. The van der Waals surface area contributed by atoms with Gasteiger partial charge in [-0.3, -0.25) is 4.98 Å². The summed E-state index contributed by atoms with van der Waals surface area (Å²) < 4.78 is 3.78. The fourth-order valence-electron chi connectivity index (χ4n) is 3.61. The van der Waals surface area contributed by atoms with Crippen LogP contribution in [0, 0.1) is 6.92 Å². The zero-order valence-electron chi connectivity index (χ0n) is 15.3. The van der Waals surface area contributed by atoms with Crippen molar-refractivity contribution < 1.29 is 0 Å². The van der Waals surface area contributed by atoms with Crippen LogP contribution in [0.15, 0.2) is 48.9 Å². The summed E-state index contributed by atoms with van der Waals surface area (Å²) in [5.41, 5.74) is 3.66. The van der Waals surface area contributed by atoms with Crippen molar-refractivity contribution in [1.82, 2.24) is 29.4 Å². The van der Waals surface area contributed by atoms with Gasteiger partial charge in [0, 0.05) is 49.4 Å². The first kappa shape index (κ1) is 16.0. The Morgan fingerprint density at radius 1 is 1.00 bits per heavy atom. The molecule has 0 saturated carbocycles. The van der Waals surface area contributed by atoms with Crippen LogP contribution in [0.3, 0.4) is 0 Å². The fraction of sp³-hybridized carbons (Fsp3) is 0.300. The molecule has 1 fully saturated rings. The van der Waals surface area contributed by atoms with Crippen LogP contribution in [0.1, 0.15) is 25.0 Å². The number of fused-ring (bicyclic) bond motifs is 1. The average Bonchev–Trinajstić information content (AvgIpc) is 3.35. The highest BCUT2D eigenvalue weighted by molar-refractivity contribution is 5.66. The number of hydrogen-bond acceptors (Lipinski definition) is 5. The predicted octanol–water partition coefficient (Wildman–Crippen LogP) is 3.28. The zero-order chi connectivity index (χ0) is 18.2. The molecule has 1 aliphatic heterocycles. The van der Waals surface area contributed by atoms with Gasteiger partial charge in [-0.15, -0.1) is 0 Å². The van der Waals surface area contributed by atoms with Crippen molar-refractivity contribution in [1.29, 1.82) is 0 Å². The molecule has 0 amide bonds. The maximum absolute atomic E-state index is 4.84. The molecule has 0 unspecified atom stereocenters. The van der Waals surface area contributed by atoms with Gasteiger partial charge in [0.1, 0.15) is 5.82 Å². The van der Waals surface area contributed by atoms with Gasteiger partial charge in [0.25, 0.3) is 0 Å². The van der Waals surface area contributed by atoms with E-state index in [0.717, 1.165) is 47.3 Å². The van der Waals surface area contributed by atoms with Gasteiger partial charge >= 0.3 is 0 Å². The highest BCUT2D eigenvalue weighted by Gasteiger charge is 2.18. The molecule has 0 bridgehead atoms. The summed E-state index contributed by atoms with van der Waals surface area (Å²) in [6, 6.07) is 10.0. The van der Waals surface area contributed by atoms with E-state index in [-0.39, 0.29) is 0 Å². The van der Waals surface area contributed by atoms with Crippen LogP contribution in [-0.2, 0) is 0 Å². The van der Waals surface area contributed by atoms with Gasteiger partial charge < -0.3 is 4.90 Å². The Hall–Kier alpha value is -3.22. The largest absolute Gasteiger partial charge is 0.356 e. The number of rotatable bonds is 3. The van der Waals surface area contributed by atoms with Crippen molar-refractivity contribution in [3.63, 3.8) is 0 Å². The highest BCUT2D eigenvalue weighted by atomic mass is 15.4. The monoisotopic (exact) mass is 359 g/mol. The maximum Gasteiger partial charge on any atom is 0.160 e. The number of piperidine rings is 1. The quantitative estimate of drug-likeness (QED) is 0.562. The second kappa shape index (κ2) is 6.50. The molecule has 27 heavy (non-hydrogen) atoms. The molecule has 0 N–H and O–H groups in total. The van der Waals surface area contributed by atoms with Gasteiger partial charge in [0.2, 0.25) is 0 Å². The summed E-state index contributed by atoms with van der Waals surface area (Å²) in [6.07, 6.45) is 9.25. The van der Waals surface area contributed by atoms with Gasteiger partial charge in [0.15, 0.2) is 11.5 Å². The summed E-state index contributed by atoms with van der Waals surface area (Å²) in [4.78, 5) is 11.4. The lowest BCUT2D eigenvalue weighted by Gasteiger charge is -2.29. The van der Waals surface area contributed by atoms with Gasteiger partial charge in [-0.1, -0.05) is 0 Å². The van der Waals surface area contributed by atoms with E-state index in [4.69, 9.17) is 10.1 Å². The molecule has 5 rings (SSSR count). The third-order valence-corrected chi connectivity index (χ3v) is 4.99. The Morgan fingerprint density at radius 2 is 1.89 bits per heavy atom. The third kappa shape index (κ3) is 2.95. The molecule has 0 aliphatic carbocycles. The molecule has 7 heteroatoms. The fourth-order valence-corrected chi connectivity index (χ4v) is 3.61. The van der Waals surface area contributed by atoms with Crippen molar-refractivity contribution in [2.45, 2.75) is 26.2 Å². The Kier molecular flexibility index (Phi) is 3.85. The highest BCUT2D eigenvalue weighted by Crippen LogP contribution is 2.26. The minimum atomic E-state index is 0.814. The lowest BCUT2D eigenvalue weighted by Crippen LogP contribution is -2.31. The average molecular weight is 359 g/mol. The molecule has 4 aromatic heterocycles. The number of hydrogen-bond donors (Lipinski definition) is 0. The maximum atomic E-state index is 4.84. The first-order chi connectivity index (χ1) is 13.3. The van der Waals surface area contributed by atoms with E-state index < -0.39 is 0 Å². The molecule has 1 saturated heterocycles. The van der Waals surface area contributed by atoms with Crippen molar-refractivity contribution in [3.05, 3.63) is 54.6 Å². The number of aryl methyl sites for hydroxylation is 1. The topological polar surface area (TPSA) is 64.1 Å². The molecule has 7 nitrogen and oxygen atoms in total. The first-order valence-electron chi connectivity index (χ1n) is 9.37. The number of nitrogens with zero attached hydrogens (tertiary/aromatic N) is 7. The van der Waals surface area contributed by atoms with Gasteiger partial charge in [-0.2, -0.15) is 14.7 Å². The number of aromatic nitrogens is 6. The molecule has 4 aromatic rings. The van der Waals surface area contributed by atoms with Crippen LogP contribution in [0.25, 0.3) is 22.7 Å². The van der Waals surface area contributed by atoms with E-state index in [9.17, 15) is 0 Å². The van der Waals surface area contributed by atoms with E-state index in [2.05, 4.69) is 21.0 Å². The molecule has 5 heterocycles. The normalized spacial score (nSPS) is 14.8. The van der Waals surface area contributed by atoms with E-state index in [1.807, 2.05) is 52.8 Å². The number of anilines is 1. The zero-order valence-corrected chi connectivity index (χ0v) is 15.3. The first-order valence-corrected chi connectivity index (χ1v) is 9.37. The van der Waals surface area contributed by atoms with E-state index in [1.165, 1.54) is 19.3 Å². The van der Waals surface area contributed by atoms with Crippen LogP contribution in [0.2, 0.25) is 0 Å². The van der Waals surface area contributed by atoms with Crippen LogP contribution >= 0.6 is 0 Å². The lowest BCUT2D eigenvalue weighted by molar-refractivity contribution is 0.568. The Labute approximate surface area is 157 Å². The molecular weight excluding hydrogens is 338 g/mol. The summed E-state index contributed by atoms with van der Waals surface area (Å²) >= 11 is 0. The second-order valence-electron chi connectivity index (χ2n) is 6.96. The van der Waals surface area contributed by atoms with Crippen molar-refractivity contribution in [3.8, 4) is 17.1 Å². The third-order valence-electron chi connectivity index (χ3n) is 4.99. The Morgan fingerprint density at radius 3 is 2.63 bits per heavy atom. The van der Waals surface area contributed by atoms with Crippen LogP contribution < -0.4 is 4.90 Å². The van der Waals surface area contributed by atoms with E-state index in [1.54, 1.807) is 6.20 Å². The minimum Gasteiger partial charge on any atom is -0.356 e. The standard InChI is InChI=1S/C20H21N7/c1-15-7-11-26(23-15)18-13-20(25-9-3-2-4-10-25)27-19(22-18)12-17(24-27)16-6-5-8-21-14-16/h5-8,11-14H,2-4,9-10H2,1H3. The second-order valence-corrected chi connectivity index (χ2v) is 6.96. The predicted molar refractivity (Wildman–Crippen MR) is 104 cm³/mol. The molecule has 0 aromatic carbocycles. The Bertz CT molecular complexity index is 1070. The summed E-state index contributed by atoms with van der Waals surface area (Å²) in [6.45, 7) is 4.07. The van der Waals surface area contributed by atoms with Crippen molar-refractivity contribution in [2.75, 3.05) is 18.0 Å². The Balaban J connectivity index is 1.69. The van der Waals surface area contributed by atoms with Gasteiger partial charge in [0.05, 0.1) is 11.4 Å². The number of pyridine rings is 1. The molecule has 1 aliphatic rings. The molecular formula is C20H21N7. The van der Waals surface area contributed by atoms with Crippen LogP contribution in [-0.4, -0.2) is 42.5 Å². The van der Waals surface area contributed by atoms with Gasteiger partial charge in [-0.05, 0) is 44.4 Å². The van der Waals surface area contributed by atoms with E-state index in [0.29, 0.717) is 0 Å². The smallest absolute Gasteiger partial charge is 0.160 e.